The lowest BCUT2D eigenvalue weighted by Gasteiger charge is -2.42. The third-order valence-corrected chi connectivity index (χ3v) is 5.76. The van der Waals surface area contributed by atoms with E-state index in [-0.39, 0.29) is 11.8 Å². The summed E-state index contributed by atoms with van der Waals surface area (Å²) in [5, 5.41) is 2.88. The van der Waals surface area contributed by atoms with Crippen molar-refractivity contribution in [2.45, 2.75) is 31.2 Å². The Morgan fingerprint density at radius 3 is 2.58 bits per heavy atom. The van der Waals surface area contributed by atoms with Gasteiger partial charge < -0.3 is 5.32 Å². The summed E-state index contributed by atoms with van der Waals surface area (Å²) in [6, 6.07) is 13.7. The van der Waals surface area contributed by atoms with Crippen molar-refractivity contribution in [3.05, 3.63) is 66.0 Å². The highest BCUT2D eigenvalue weighted by atomic mass is 32.2. The second kappa shape index (κ2) is 7.55. The minimum absolute atomic E-state index is 0.214. The zero-order valence-electron chi connectivity index (χ0n) is 14.5. The summed E-state index contributed by atoms with van der Waals surface area (Å²) in [4.78, 5) is 31.4. The summed E-state index contributed by atoms with van der Waals surface area (Å²) in [7, 11) is 0. The van der Waals surface area contributed by atoms with E-state index in [2.05, 4.69) is 10.3 Å². The van der Waals surface area contributed by atoms with E-state index in [1.165, 1.54) is 16.7 Å². The minimum Gasteiger partial charge on any atom is -0.339 e. The van der Waals surface area contributed by atoms with Crippen molar-refractivity contribution in [1.29, 1.82) is 0 Å². The van der Waals surface area contributed by atoms with Gasteiger partial charge in [-0.3, -0.25) is 19.5 Å². The largest absolute Gasteiger partial charge is 0.339 e. The number of thiocarbonyl (C=S) groups is 1. The average Bonchev–Trinajstić information content (AvgIpc) is 2.63. The van der Waals surface area contributed by atoms with E-state index in [4.69, 9.17) is 12.2 Å². The van der Waals surface area contributed by atoms with Gasteiger partial charge in [0.1, 0.15) is 10.4 Å². The number of carbonyl (C=O) groups excluding carboxylic acids is 2. The molecule has 2 heterocycles. The standard InChI is InChI=1S/C19H19N3O2S2/c1-19(2)15(21-16(23)13-8-4-3-5-9-13)17(24)22(18(25)26-19)12-14-10-6-7-11-20-14/h3-11,15H,12H2,1-2H3,(H,21,23). The molecule has 1 atom stereocenters. The first-order chi connectivity index (χ1) is 12.4. The highest BCUT2D eigenvalue weighted by Gasteiger charge is 2.46. The van der Waals surface area contributed by atoms with E-state index in [0.717, 1.165) is 5.69 Å². The van der Waals surface area contributed by atoms with Crippen molar-refractivity contribution in [2.75, 3.05) is 0 Å². The molecule has 5 nitrogen and oxygen atoms in total. The van der Waals surface area contributed by atoms with Gasteiger partial charge in [-0.05, 0) is 38.1 Å². The summed E-state index contributed by atoms with van der Waals surface area (Å²) in [5.41, 5.74) is 1.27. The number of nitrogens with one attached hydrogen (secondary N) is 1. The van der Waals surface area contributed by atoms with Crippen molar-refractivity contribution in [3.63, 3.8) is 0 Å². The smallest absolute Gasteiger partial charge is 0.252 e. The molecule has 0 spiro atoms. The molecule has 134 valence electrons. The topological polar surface area (TPSA) is 62.3 Å². The number of nitrogens with zero attached hydrogens (tertiary/aromatic N) is 2. The fourth-order valence-corrected chi connectivity index (χ4v) is 4.51. The Hall–Kier alpha value is -2.25. The Kier molecular flexibility index (Phi) is 5.38. The molecule has 0 bridgehead atoms. The third kappa shape index (κ3) is 3.94. The number of carbonyl (C=O) groups is 2. The van der Waals surface area contributed by atoms with Gasteiger partial charge in [-0.25, -0.2) is 0 Å². The van der Waals surface area contributed by atoms with Crippen LogP contribution in [0.3, 0.4) is 0 Å². The molecule has 1 unspecified atom stereocenters. The molecule has 1 saturated heterocycles. The lowest BCUT2D eigenvalue weighted by Crippen LogP contribution is -2.62. The molecular formula is C19H19N3O2S2. The first-order valence-corrected chi connectivity index (χ1v) is 9.41. The van der Waals surface area contributed by atoms with Gasteiger partial charge in [0, 0.05) is 16.5 Å². The molecule has 1 aliphatic heterocycles. The molecule has 1 fully saturated rings. The molecule has 0 aliphatic carbocycles. The van der Waals surface area contributed by atoms with Crippen LogP contribution in [-0.4, -0.2) is 36.8 Å². The number of amides is 2. The van der Waals surface area contributed by atoms with E-state index in [9.17, 15) is 9.59 Å². The molecule has 0 saturated carbocycles. The normalized spacial score (nSPS) is 19.3. The summed E-state index contributed by atoms with van der Waals surface area (Å²) in [6.45, 7) is 4.12. The van der Waals surface area contributed by atoms with E-state index < -0.39 is 10.8 Å². The molecule has 1 aromatic carbocycles. The van der Waals surface area contributed by atoms with Crippen LogP contribution in [0, 0.1) is 0 Å². The highest BCUT2D eigenvalue weighted by Crippen LogP contribution is 2.37. The van der Waals surface area contributed by atoms with Crippen LogP contribution in [-0.2, 0) is 11.3 Å². The molecule has 1 aromatic heterocycles. The molecule has 1 aliphatic rings. The number of hydrogen-bond donors (Lipinski definition) is 1. The van der Waals surface area contributed by atoms with Gasteiger partial charge in [0.2, 0.25) is 0 Å². The van der Waals surface area contributed by atoms with Crippen LogP contribution in [0.4, 0.5) is 0 Å². The zero-order chi connectivity index (χ0) is 18.7. The van der Waals surface area contributed by atoms with Crippen molar-refractivity contribution in [2.24, 2.45) is 0 Å². The molecule has 26 heavy (non-hydrogen) atoms. The van der Waals surface area contributed by atoms with Gasteiger partial charge in [0.05, 0.1) is 12.2 Å². The van der Waals surface area contributed by atoms with Crippen LogP contribution in [0.1, 0.15) is 29.9 Å². The van der Waals surface area contributed by atoms with Crippen LogP contribution in [0.5, 0.6) is 0 Å². The molecule has 1 N–H and O–H groups in total. The van der Waals surface area contributed by atoms with Gasteiger partial charge in [0.15, 0.2) is 0 Å². The van der Waals surface area contributed by atoms with Crippen LogP contribution < -0.4 is 5.32 Å². The van der Waals surface area contributed by atoms with Crippen LogP contribution in [0.25, 0.3) is 0 Å². The van der Waals surface area contributed by atoms with Crippen molar-refractivity contribution in [1.82, 2.24) is 15.2 Å². The maximum Gasteiger partial charge on any atom is 0.252 e. The Bertz CT molecular complexity index is 825. The third-order valence-electron chi connectivity index (χ3n) is 4.14. The molecular weight excluding hydrogens is 366 g/mol. The van der Waals surface area contributed by atoms with E-state index in [1.807, 2.05) is 38.1 Å². The number of pyridine rings is 1. The quantitative estimate of drug-likeness (QED) is 0.820. The zero-order valence-corrected chi connectivity index (χ0v) is 16.1. The molecule has 3 rings (SSSR count). The van der Waals surface area contributed by atoms with Gasteiger partial charge in [0.25, 0.3) is 11.8 Å². The Labute approximate surface area is 162 Å². The Balaban J connectivity index is 1.82. The van der Waals surface area contributed by atoms with Crippen molar-refractivity contribution < 1.29 is 9.59 Å². The number of rotatable bonds is 4. The number of benzene rings is 1. The summed E-state index contributed by atoms with van der Waals surface area (Å²) in [6.07, 6.45) is 1.68. The second-order valence-electron chi connectivity index (χ2n) is 6.49. The predicted molar refractivity (Wildman–Crippen MR) is 107 cm³/mol. The lowest BCUT2D eigenvalue weighted by atomic mass is 10.0. The summed E-state index contributed by atoms with van der Waals surface area (Å²) >= 11 is 6.85. The van der Waals surface area contributed by atoms with Crippen molar-refractivity contribution >= 4 is 40.1 Å². The van der Waals surface area contributed by atoms with Gasteiger partial charge >= 0.3 is 0 Å². The lowest BCUT2D eigenvalue weighted by molar-refractivity contribution is -0.130. The van der Waals surface area contributed by atoms with Crippen LogP contribution in [0.2, 0.25) is 0 Å². The van der Waals surface area contributed by atoms with E-state index in [0.29, 0.717) is 16.4 Å². The Morgan fingerprint density at radius 1 is 1.23 bits per heavy atom. The predicted octanol–water partition coefficient (Wildman–Crippen LogP) is 3.02. The first-order valence-electron chi connectivity index (χ1n) is 8.18. The summed E-state index contributed by atoms with van der Waals surface area (Å²) < 4.78 is -0.0463. The molecule has 0 radical (unpaired) electrons. The SMILES string of the molecule is CC1(C)SC(=S)N(Cc2ccccn2)C(=O)C1NC(=O)c1ccccc1. The average molecular weight is 386 g/mol. The fourth-order valence-electron chi connectivity index (χ4n) is 2.72. The number of hydrogen-bond acceptors (Lipinski definition) is 5. The van der Waals surface area contributed by atoms with E-state index in [1.54, 1.807) is 30.5 Å². The summed E-state index contributed by atoms with van der Waals surface area (Å²) in [5.74, 6) is -0.489. The second-order valence-corrected chi connectivity index (χ2v) is 8.78. The van der Waals surface area contributed by atoms with Gasteiger partial charge in [-0.2, -0.15) is 0 Å². The monoisotopic (exact) mass is 385 g/mol. The number of thioether (sulfide) groups is 1. The fraction of sp³-hybridized carbons (Fsp3) is 0.263. The van der Waals surface area contributed by atoms with Crippen LogP contribution >= 0.6 is 24.0 Å². The highest BCUT2D eigenvalue weighted by molar-refractivity contribution is 8.24. The van der Waals surface area contributed by atoms with Crippen LogP contribution in [0.15, 0.2) is 54.7 Å². The first kappa shape index (κ1) is 18.5. The minimum atomic E-state index is -0.685. The number of aromatic nitrogens is 1. The van der Waals surface area contributed by atoms with Gasteiger partial charge in [-0.15, -0.1) is 0 Å². The molecule has 2 amide bonds. The Morgan fingerprint density at radius 2 is 1.92 bits per heavy atom. The molecule has 7 heteroatoms. The maximum absolute atomic E-state index is 13.1. The molecule has 2 aromatic rings. The van der Waals surface area contributed by atoms with Crippen molar-refractivity contribution in [3.8, 4) is 0 Å². The van der Waals surface area contributed by atoms with E-state index >= 15 is 0 Å². The van der Waals surface area contributed by atoms with Gasteiger partial charge in [-0.1, -0.05) is 48.2 Å². The maximum atomic E-state index is 13.1.